The van der Waals surface area contributed by atoms with E-state index < -0.39 is 11.5 Å². The molecule has 110 valence electrons. The topological polar surface area (TPSA) is 85.5 Å². The number of ether oxygens (including phenoxy) is 1. The highest BCUT2D eigenvalue weighted by atomic mass is 32.1. The van der Waals surface area contributed by atoms with Crippen LogP contribution in [0.3, 0.4) is 0 Å². The van der Waals surface area contributed by atoms with Gasteiger partial charge in [0.1, 0.15) is 0 Å². The third-order valence-corrected chi connectivity index (χ3v) is 4.53. The van der Waals surface area contributed by atoms with Crippen molar-refractivity contribution in [3.63, 3.8) is 0 Å². The number of rotatable bonds is 3. The Morgan fingerprint density at radius 1 is 1.50 bits per heavy atom. The first-order valence-electron chi connectivity index (χ1n) is 6.46. The molecule has 0 unspecified atom stereocenters. The highest BCUT2D eigenvalue weighted by Crippen LogP contribution is 2.21. The first kappa shape index (κ1) is 14.9. The molecule has 1 atom stereocenters. The maximum atomic E-state index is 12.3. The highest BCUT2D eigenvalue weighted by Gasteiger charge is 2.39. The van der Waals surface area contributed by atoms with Gasteiger partial charge in [-0.2, -0.15) is 0 Å². The molecule has 1 aromatic heterocycles. The van der Waals surface area contributed by atoms with Crippen molar-refractivity contribution in [2.45, 2.75) is 32.8 Å². The number of carbonyl (C=O) groups excluding carboxylic acids is 2. The standard InChI is InChI=1S/C13H19N3O3S/c1-8-10(20-9(2)15-8)6-11(17)16-4-5-19-13(3,7-16)12(14)18/h4-7H2,1-3H3,(H2,14,18)/t13-/m1/s1. The normalized spacial score (nSPS) is 22.9. The Morgan fingerprint density at radius 2 is 2.20 bits per heavy atom. The van der Waals surface area contributed by atoms with E-state index in [4.69, 9.17) is 10.5 Å². The highest BCUT2D eigenvalue weighted by molar-refractivity contribution is 7.11. The van der Waals surface area contributed by atoms with E-state index in [0.717, 1.165) is 15.6 Å². The molecule has 7 heteroatoms. The summed E-state index contributed by atoms with van der Waals surface area (Å²) in [6.45, 7) is 6.46. The average molecular weight is 297 g/mol. The largest absolute Gasteiger partial charge is 0.367 e. The predicted molar refractivity (Wildman–Crippen MR) is 75.4 cm³/mol. The summed E-state index contributed by atoms with van der Waals surface area (Å²) in [5, 5.41) is 0.953. The number of hydrogen-bond donors (Lipinski definition) is 1. The number of carbonyl (C=O) groups is 2. The second-order valence-corrected chi connectivity index (χ2v) is 6.46. The zero-order valence-electron chi connectivity index (χ0n) is 11.9. The fraction of sp³-hybridized carbons (Fsp3) is 0.615. The molecule has 1 aromatic rings. The van der Waals surface area contributed by atoms with Crippen LogP contribution in [0.2, 0.25) is 0 Å². The molecule has 0 spiro atoms. The van der Waals surface area contributed by atoms with Crippen molar-refractivity contribution in [2.24, 2.45) is 5.73 Å². The Bertz CT molecular complexity index is 543. The van der Waals surface area contributed by atoms with Crippen molar-refractivity contribution in [2.75, 3.05) is 19.7 Å². The van der Waals surface area contributed by atoms with Crippen LogP contribution in [0.25, 0.3) is 0 Å². The van der Waals surface area contributed by atoms with Crippen LogP contribution < -0.4 is 5.73 Å². The number of nitrogens with zero attached hydrogens (tertiary/aromatic N) is 2. The number of hydrogen-bond acceptors (Lipinski definition) is 5. The van der Waals surface area contributed by atoms with Gasteiger partial charge in [0, 0.05) is 11.4 Å². The summed E-state index contributed by atoms with van der Waals surface area (Å²) in [5.74, 6) is -0.563. The molecule has 2 N–H and O–H groups in total. The summed E-state index contributed by atoms with van der Waals surface area (Å²) in [7, 11) is 0. The van der Waals surface area contributed by atoms with Gasteiger partial charge in [-0.1, -0.05) is 0 Å². The molecule has 2 amide bonds. The van der Waals surface area contributed by atoms with Crippen LogP contribution in [0.1, 0.15) is 22.5 Å². The second-order valence-electron chi connectivity index (χ2n) is 5.18. The summed E-state index contributed by atoms with van der Waals surface area (Å²) >= 11 is 1.53. The SMILES string of the molecule is Cc1nc(C)c(CC(=O)N2CCO[C@@](C)(C(N)=O)C2)s1. The van der Waals surface area contributed by atoms with E-state index >= 15 is 0 Å². The molecule has 1 saturated heterocycles. The first-order valence-corrected chi connectivity index (χ1v) is 7.28. The Kier molecular flexibility index (Phi) is 4.10. The van der Waals surface area contributed by atoms with Gasteiger partial charge in [-0.05, 0) is 20.8 Å². The van der Waals surface area contributed by atoms with Crippen LogP contribution in [0.5, 0.6) is 0 Å². The van der Waals surface area contributed by atoms with Crippen molar-refractivity contribution in [3.05, 3.63) is 15.6 Å². The number of nitrogens with two attached hydrogens (primary N) is 1. The molecular formula is C13H19N3O3S. The van der Waals surface area contributed by atoms with Crippen molar-refractivity contribution in [3.8, 4) is 0 Å². The zero-order chi connectivity index (χ0) is 14.9. The Balaban J connectivity index is 2.06. The number of thiazole rings is 1. The number of aromatic nitrogens is 1. The number of aryl methyl sites for hydroxylation is 2. The lowest BCUT2D eigenvalue weighted by atomic mass is 10.0. The van der Waals surface area contributed by atoms with Crippen LogP contribution in [0.4, 0.5) is 0 Å². The summed E-state index contributed by atoms with van der Waals surface area (Å²) in [5.41, 5.74) is 5.14. The smallest absolute Gasteiger partial charge is 0.251 e. The molecule has 1 fully saturated rings. The van der Waals surface area contributed by atoms with Gasteiger partial charge >= 0.3 is 0 Å². The monoisotopic (exact) mass is 297 g/mol. The van der Waals surface area contributed by atoms with Gasteiger partial charge in [0.25, 0.3) is 5.91 Å². The van der Waals surface area contributed by atoms with Gasteiger partial charge in [0.2, 0.25) is 5.91 Å². The van der Waals surface area contributed by atoms with E-state index in [9.17, 15) is 9.59 Å². The summed E-state index contributed by atoms with van der Waals surface area (Å²) < 4.78 is 5.41. The molecule has 0 aliphatic carbocycles. The molecule has 0 saturated carbocycles. The Hall–Kier alpha value is -1.47. The number of morpholine rings is 1. The van der Waals surface area contributed by atoms with Crippen molar-refractivity contribution in [1.29, 1.82) is 0 Å². The fourth-order valence-corrected chi connectivity index (χ4v) is 3.15. The lowest BCUT2D eigenvalue weighted by molar-refractivity contribution is -0.160. The van der Waals surface area contributed by atoms with E-state index in [0.29, 0.717) is 19.6 Å². The minimum atomic E-state index is -1.09. The van der Waals surface area contributed by atoms with Crippen molar-refractivity contribution >= 4 is 23.2 Å². The average Bonchev–Trinajstić information content (AvgIpc) is 2.67. The summed E-state index contributed by atoms with van der Waals surface area (Å²) in [4.78, 5) is 30.7. The summed E-state index contributed by atoms with van der Waals surface area (Å²) in [6.07, 6.45) is 0.312. The third kappa shape index (κ3) is 2.99. The lowest BCUT2D eigenvalue weighted by Crippen LogP contribution is -2.58. The third-order valence-electron chi connectivity index (χ3n) is 3.46. The van der Waals surface area contributed by atoms with Gasteiger partial charge in [-0.25, -0.2) is 4.98 Å². The minimum Gasteiger partial charge on any atom is -0.367 e. The maximum Gasteiger partial charge on any atom is 0.251 e. The van der Waals surface area contributed by atoms with E-state index in [1.54, 1.807) is 11.8 Å². The molecule has 2 heterocycles. The van der Waals surface area contributed by atoms with Gasteiger partial charge < -0.3 is 15.4 Å². The molecule has 20 heavy (non-hydrogen) atoms. The molecular weight excluding hydrogens is 278 g/mol. The van der Waals surface area contributed by atoms with Crippen molar-refractivity contribution < 1.29 is 14.3 Å². The fourth-order valence-electron chi connectivity index (χ4n) is 2.22. The summed E-state index contributed by atoms with van der Waals surface area (Å²) in [6, 6.07) is 0. The number of amides is 2. The van der Waals surface area contributed by atoms with Crippen molar-refractivity contribution in [1.82, 2.24) is 9.88 Å². The van der Waals surface area contributed by atoms with E-state index in [-0.39, 0.29) is 12.5 Å². The molecule has 0 bridgehead atoms. The van der Waals surface area contributed by atoms with Crippen LogP contribution in [-0.4, -0.2) is 47.0 Å². The Labute approximate surface area is 121 Å². The maximum absolute atomic E-state index is 12.3. The molecule has 2 rings (SSSR count). The minimum absolute atomic E-state index is 0.0208. The van der Waals surface area contributed by atoms with Crippen LogP contribution >= 0.6 is 11.3 Å². The molecule has 1 aliphatic heterocycles. The number of primary amides is 1. The van der Waals surface area contributed by atoms with E-state index in [1.165, 1.54) is 11.3 Å². The molecule has 1 aliphatic rings. The second kappa shape index (κ2) is 5.49. The van der Waals surface area contributed by atoms with Gasteiger partial charge in [-0.3, -0.25) is 9.59 Å². The van der Waals surface area contributed by atoms with Gasteiger partial charge in [0.15, 0.2) is 5.60 Å². The van der Waals surface area contributed by atoms with Crippen LogP contribution in [-0.2, 0) is 20.7 Å². The zero-order valence-corrected chi connectivity index (χ0v) is 12.7. The van der Waals surface area contributed by atoms with E-state index in [1.807, 2.05) is 13.8 Å². The van der Waals surface area contributed by atoms with Crippen LogP contribution in [0.15, 0.2) is 0 Å². The first-order chi connectivity index (χ1) is 9.32. The molecule has 0 aromatic carbocycles. The quantitative estimate of drug-likeness (QED) is 0.875. The van der Waals surface area contributed by atoms with E-state index in [2.05, 4.69) is 4.98 Å². The Morgan fingerprint density at radius 3 is 2.75 bits per heavy atom. The van der Waals surface area contributed by atoms with Gasteiger partial charge in [0.05, 0.1) is 30.3 Å². The lowest BCUT2D eigenvalue weighted by Gasteiger charge is -2.38. The van der Waals surface area contributed by atoms with Crippen LogP contribution in [0, 0.1) is 13.8 Å². The molecule has 0 radical (unpaired) electrons. The van der Waals surface area contributed by atoms with Gasteiger partial charge in [-0.15, -0.1) is 11.3 Å². The molecule has 6 nitrogen and oxygen atoms in total. The predicted octanol–water partition coefficient (Wildman–Crippen LogP) is 0.405.